The van der Waals surface area contributed by atoms with Crippen LogP contribution >= 0.6 is 0 Å². The van der Waals surface area contributed by atoms with Crippen molar-refractivity contribution >= 4 is 12.6 Å². The standard InChI is InChI=1S/C13H21BN2O3/c1-12(2)13(3,4)19-14(18-12)9-7-15-16(8-9)10-5-11(17)6-10/h7-8,10-11,17H,5-6H2,1-4H3. The number of rotatable bonds is 2. The lowest BCUT2D eigenvalue weighted by Gasteiger charge is -2.32. The molecule has 0 bridgehead atoms. The van der Waals surface area contributed by atoms with E-state index in [-0.39, 0.29) is 24.4 Å². The lowest BCUT2D eigenvalue weighted by molar-refractivity contribution is 0.00578. The van der Waals surface area contributed by atoms with Crippen LogP contribution in [0.1, 0.15) is 46.6 Å². The Kier molecular flexibility index (Phi) is 2.82. The van der Waals surface area contributed by atoms with Crippen LogP contribution in [-0.4, -0.2) is 39.3 Å². The van der Waals surface area contributed by atoms with Crippen LogP contribution in [-0.2, 0) is 9.31 Å². The van der Waals surface area contributed by atoms with Gasteiger partial charge in [-0.15, -0.1) is 0 Å². The zero-order valence-corrected chi connectivity index (χ0v) is 12.0. The second-order valence-electron chi connectivity index (χ2n) is 6.62. The summed E-state index contributed by atoms with van der Waals surface area (Å²) in [6, 6.07) is 0.311. The van der Waals surface area contributed by atoms with E-state index in [1.807, 2.05) is 38.6 Å². The van der Waals surface area contributed by atoms with Crippen LogP contribution in [0.15, 0.2) is 12.4 Å². The average molecular weight is 264 g/mol. The summed E-state index contributed by atoms with van der Waals surface area (Å²) in [7, 11) is -0.358. The molecule has 0 radical (unpaired) electrons. The fraction of sp³-hybridized carbons (Fsp3) is 0.769. The molecule has 19 heavy (non-hydrogen) atoms. The van der Waals surface area contributed by atoms with Crippen LogP contribution in [0.3, 0.4) is 0 Å². The average Bonchev–Trinajstić information content (AvgIpc) is 2.78. The van der Waals surface area contributed by atoms with Crippen LogP contribution in [0.4, 0.5) is 0 Å². The molecule has 2 fully saturated rings. The Morgan fingerprint density at radius 1 is 1.26 bits per heavy atom. The molecule has 104 valence electrons. The molecule has 1 aromatic rings. The Morgan fingerprint density at radius 2 is 1.84 bits per heavy atom. The second kappa shape index (κ2) is 4.07. The van der Waals surface area contributed by atoms with Crippen molar-refractivity contribution in [2.24, 2.45) is 0 Å². The third-order valence-electron chi connectivity index (χ3n) is 4.61. The minimum Gasteiger partial charge on any atom is -0.399 e. The summed E-state index contributed by atoms with van der Waals surface area (Å²) in [5.41, 5.74) is 0.291. The molecule has 6 heteroatoms. The van der Waals surface area contributed by atoms with E-state index in [9.17, 15) is 5.11 Å². The maximum absolute atomic E-state index is 9.34. The van der Waals surface area contributed by atoms with Gasteiger partial charge in [0.15, 0.2) is 0 Å². The summed E-state index contributed by atoms with van der Waals surface area (Å²) < 4.78 is 13.9. The molecule has 0 aromatic carbocycles. The number of aromatic nitrogens is 2. The van der Waals surface area contributed by atoms with Crippen LogP contribution in [0.2, 0.25) is 0 Å². The van der Waals surface area contributed by atoms with E-state index >= 15 is 0 Å². The summed E-state index contributed by atoms with van der Waals surface area (Å²) in [4.78, 5) is 0. The number of aliphatic hydroxyl groups is 1. The van der Waals surface area contributed by atoms with Gasteiger partial charge in [-0.05, 0) is 40.5 Å². The maximum Gasteiger partial charge on any atom is 0.498 e. The lowest BCUT2D eigenvalue weighted by atomic mass is 9.81. The topological polar surface area (TPSA) is 56.5 Å². The highest BCUT2D eigenvalue weighted by Crippen LogP contribution is 2.36. The number of nitrogens with zero attached hydrogens (tertiary/aromatic N) is 2. The van der Waals surface area contributed by atoms with Crippen molar-refractivity contribution in [3.63, 3.8) is 0 Å². The number of aliphatic hydroxyl groups excluding tert-OH is 1. The van der Waals surface area contributed by atoms with E-state index in [0.29, 0.717) is 6.04 Å². The largest absolute Gasteiger partial charge is 0.498 e. The zero-order valence-electron chi connectivity index (χ0n) is 12.0. The first-order chi connectivity index (χ1) is 8.78. The van der Waals surface area contributed by atoms with Crippen molar-refractivity contribution < 1.29 is 14.4 Å². The van der Waals surface area contributed by atoms with Gasteiger partial charge in [-0.25, -0.2) is 0 Å². The molecule has 1 saturated carbocycles. The van der Waals surface area contributed by atoms with Crippen LogP contribution in [0.5, 0.6) is 0 Å². The minimum atomic E-state index is -0.358. The van der Waals surface area contributed by atoms with Gasteiger partial charge in [-0.1, -0.05) is 0 Å². The quantitative estimate of drug-likeness (QED) is 0.805. The van der Waals surface area contributed by atoms with Gasteiger partial charge in [0.2, 0.25) is 0 Å². The first-order valence-corrected chi connectivity index (χ1v) is 6.86. The molecule has 1 aliphatic heterocycles. The molecule has 0 unspecified atom stereocenters. The molecule has 1 aliphatic carbocycles. The van der Waals surface area contributed by atoms with Gasteiger partial charge in [-0.2, -0.15) is 5.10 Å². The minimum absolute atomic E-state index is 0.172. The van der Waals surface area contributed by atoms with Crippen molar-refractivity contribution in [1.82, 2.24) is 9.78 Å². The van der Waals surface area contributed by atoms with Gasteiger partial charge >= 0.3 is 7.12 Å². The van der Waals surface area contributed by atoms with E-state index in [1.165, 1.54) is 0 Å². The highest BCUT2D eigenvalue weighted by molar-refractivity contribution is 6.61. The van der Waals surface area contributed by atoms with Crippen molar-refractivity contribution in [2.45, 2.75) is 63.9 Å². The third kappa shape index (κ3) is 2.12. The first-order valence-electron chi connectivity index (χ1n) is 6.86. The monoisotopic (exact) mass is 264 g/mol. The molecule has 2 heterocycles. The Balaban J connectivity index is 1.74. The summed E-state index contributed by atoms with van der Waals surface area (Å²) in [6.45, 7) is 8.17. The first kappa shape index (κ1) is 13.2. The summed E-state index contributed by atoms with van der Waals surface area (Å²) >= 11 is 0. The predicted octanol–water partition coefficient (Wildman–Crippen LogP) is 0.878. The van der Waals surface area contributed by atoms with Crippen LogP contribution in [0, 0.1) is 0 Å². The van der Waals surface area contributed by atoms with Gasteiger partial charge in [0.25, 0.3) is 0 Å². The molecular weight excluding hydrogens is 243 g/mol. The SMILES string of the molecule is CC1(C)OB(c2cnn(C3CC(O)C3)c2)OC1(C)C. The van der Waals surface area contributed by atoms with E-state index in [2.05, 4.69) is 5.10 Å². The number of hydrogen-bond donors (Lipinski definition) is 1. The van der Waals surface area contributed by atoms with Gasteiger partial charge < -0.3 is 14.4 Å². The van der Waals surface area contributed by atoms with E-state index < -0.39 is 0 Å². The molecule has 1 aromatic heterocycles. The Labute approximate surface area is 114 Å². The van der Waals surface area contributed by atoms with E-state index in [4.69, 9.17) is 9.31 Å². The number of hydrogen-bond acceptors (Lipinski definition) is 4. The molecule has 0 atom stereocenters. The summed E-state index contributed by atoms with van der Waals surface area (Å²) in [5, 5.41) is 13.7. The van der Waals surface area contributed by atoms with Crippen LogP contribution in [0.25, 0.3) is 0 Å². The molecular formula is C13H21BN2O3. The van der Waals surface area contributed by atoms with Gasteiger partial charge in [-0.3, -0.25) is 4.68 Å². The zero-order chi connectivity index (χ0) is 13.8. The van der Waals surface area contributed by atoms with Gasteiger partial charge in [0.1, 0.15) is 0 Å². The summed E-state index contributed by atoms with van der Waals surface area (Å²) in [5.74, 6) is 0. The molecule has 3 rings (SSSR count). The fourth-order valence-corrected chi connectivity index (χ4v) is 2.43. The van der Waals surface area contributed by atoms with E-state index in [1.54, 1.807) is 6.20 Å². The third-order valence-corrected chi connectivity index (χ3v) is 4.61. The normalized spacial score (nSPS) is 32.4. The Hall–Kier alpha value is -0.845. The van der Waals surface area contributed by atoms with Crippen molar-refractivity contribution in [1.29, 1.82) is 0 Å². The summed E-state index contributed by atoms with van der Waals surface area (Å²) in [6.07, 6.45) is 5.16. The highest BCUT2D eigenvalue weighted by Gasteiger charge is 2.52. The molecule has 1 N–H and O–H groups in total. The molecule has 0 spiro atoms. The molecule has 2 aliphatic rings. The van der Waals surface area contributed by atoms with Crippen molar-refractivity contribution in [3.8, 4) is 0 Å². The molecule has 0 amide bonds. The van der Waals surface area contributed by atoms with Gasteiger partial charge in [0, 0.05) is 17.9 Å². The second-order valence-corrected chi connectivity index (χ2v) is 6.62. The molecule has 1 saturated heterocycles. The Bertz CT molecular complexity index is 464. The molecule has 5 nitrogen and oxygen atoms in total. The van der Waals surface area contributed by atoms with Gasteiger partial charge in [0.05, 0.1) is 23.3 Å². The predicted molar refractivity (Wildman–Crippen MR) is 72.2 cm³/mol. The van der Waals surface area contributed by atoms with Crippen molar-refractivity contribution in [2.75, 3.05) is 0 Å². The Morgan fingerprint density at radius 3 is 2.37 bits per heavy atom. The van der Waals surface area contributed by atoms with Crippen molar-refractivity contribution in [3.05, 3.63) is 12.4 Å². The highest BCUT2D eigenvalue weighted by atomic mass is 16.7. The lowest BCUT2D eigenvalue weighted by Crippen LogP contribution is -2.41. The smallest absolute Gasteiger partial charge is 0.399 e. The van der Waals surface area contributed by atoms with Crippen LogP contribution < -0.4 is 5.46 Å². The fourth-order valence-electron chi connectivity index (χ4n) is 2.43. The maximum atomic E-state index is 9.34. The van der Waals surface area contributed by atoms with E-state index in [0.717, 1.165) is 18.3 Å².